The molecule has 0 aromatic rings. The summed E-state index contributed by atoms with van der Waals surface area (Å²) >= 11 is 0. The average molecular weight is 311 g/mol. The molecule has 0 aromatic heterocycles. The van der Waals surface area contributed by atoms with E-state index in [1.807, 2.05) is 0 Å². The molecule has 2 rings (SSSR count). The van der Waals surface area contributed by atoms with Crippen LogP contribution in [-0.4, -0.2) is 80.1 Å². The second kappa shape index (κ2) is 6.48. The molecule has 21 heavy (non-hydrogen) atoms. The zero-order valence-electron chi connectivity index (χ0n) is 11.2. The zero-order valence-corrected chi connectivity index (χ0v) is 11.2. The van der Waals surface area contributed by atoms with Crippen LogP contribution in [0.25, 0.3) is 0 Å². The fourth-order valence-corrected chi connectivity index (χ4v) is 2.13. The van der Waals surface area contributed by atoms with E-state index in [4.69, 9.17) is 4.74 Å². The van der Waals surface area contributed by atoms with Crippen molar-refractivity contribution in [3.05, 3.63) is 0 Å². The first-order valence-corrected chi connectivity index (χ1v) is 6.51. The van der Waals surface area contributed by atoms with Gasteiger partial charge in [-0.1, -0.05) is 0 Å². The Labute approximate surface area is 118 Å². The number of morpholine rings is 1. The van der Waals surface area contributed by atoms with Crippen LogP contribution in [-0.2, 0) is 14.3 Å². The Hall–Kier alpha value is -1.55. The number of hydrogen-bond acceptors (Lipinski definition) is 5. The van der Waals surface area contributed by atoms with Crippen LogP contribution in [0.4, 0.5) is 18.0 Å². The van der Waals surface area contributed by atoms with Crippen molar-refractivity contribution in [2.75, 3.05) is 45.9 Å². The zero-order chi connectivity index (χ0) is 15.5. The highest BCUT2D eigenvalue weighted by molar-refractivity contribution is 5.77. The maximum absolute atomic E-state index is 12.3. The average Bonchev–Trinajstić information content (AvgIpc) is 2.47. The molecule has 2 aliphatic rings. The van der Waals surface area contributed by atoms with Gasteiger partial charge in [0.15, 0.2) is 6.23 Å². The summed E-state index contributed by atoms with van der Waals surface area (Å²) in [5, 5.41) is 2.80. The molecular formula is C11H16F3N3O4. The number of nitrogens with one attached hydrogen (secondary N) is 1. The molecule has 2 saturated heterocycles. The normalized spacial score (nSPS) is 23.9. The SMILES string of the molecule is O=C(N1CCOCC1)N1CCNCC1OC(=O)C(F)(F)F. The third kappa shape index (κ3) is 3.97. The van der Waals surface area contributed by atoms with Gasteiger partial charge in [-0.2, -0.15) is 13.2 Å². The van der Waals surface area contributed by atoms with Gasteiger partial charge >= 0.3 is 18.2 Å². The van der Waals surface area contributed by atoms with Crippen LogP contribution >= 0.6 is 0 Å². The van der Waals surface area contributed by atoms with Gasteiger partial charge in [-0.25, -0.2) is 9.59 Å². The van der Waals surface area contributed by atoms with Crippen molar-refractivity contribution >= 4 is 12.0 Å². The lowest BCUT2D eigenvalue weighted by Gasteiger charge is -2.39. The molecule has 0 saturated carbocycles. The number of urea groups is 1. The first kappa shape index (κ1) is 15.8. The molecule has 10 heteroatoms. The van der Waals surface area contributed by atoms with Crippen molar-refractivity contribution in [3.8, 4) is 0 Å². The van der Waals surface area contributed by atoms with E-state index in [1.54, 1.807) is 0 Å². The lowest BCUT2D eigenvalue weighted by atomic mass is 10.3. The summed E-state index contributed by atoms with van der Waals surface area (Å²) in [5.41, 5.74) is 0. The molecule has 1 N–H and O–H groups in total. The van der Waals surface area contributed by atoms with Crippen LogP contribution in [0.15, 0.2) is 0 Å². The number of alkyl halides is 3. The highest BCUT2D eigenvalue weighted by atomic mass is 19.4. The summed E-state index contributed by atoms with van der Waals surface area (Å²) in [6.45, 7) is 2.06. The minimum atomic E-state index is -5.08. The van der Waals surface area contributed by atoms with Gasteiger partial charge < -0.3 is 19.7 Å². The van der Waals surface area contributed by atoms with Crippen molar-refractivity contribution in [2.24, 2.45) is 0 Å². The summed E-state index contributed by atoms with van der Waals surface area (Å²) in [6.07, 6.45) is -6.34. The summed E-state index contributed by atoms with van der Waals surface area (Å²) < 4.78 is 46.3. The Morgan fingerprint density at radius 1 is 1.19 bits per heavy atom. The molecule has 1 unspecified atom stereocenters. The van der Waals surface area contributed by atoms with Crippen LogP contribution in [0.5, 0.6) is 0 Å². The van der Waals surface area contributed by atoms with Gasteiger partial charge in [0.05, 0.1) is 19.8 Å². The molecule has 0 aliphatic carbocycles. The highest BCUT2D eigenvalue weighted by Crippen LogP contribution is 2.19. The molecule has 1 atom stereocenters. The molecule has 2 heterocycles. The first-order chi connectivity index (χ1) is 9.89. The van der Waals surface area contributed by atoms with Gasteiger partial charge in [0.2, 0.25) is 0 Å². The third-order valence-corrected chi connectivity index (χ3v) is 3.20. The van der Waals surface area contributed by atoms with E-state index in [0.717, 1.165) is 4.90 Å². The molecule has 0 aromatic carbocycles. The number of halogens is 3. The summed E-state index contributed by atoms with van der Waals surface area (Å²) in [6, 6.07) is -0.445. The minimum Gasteiger partial charge on any atom is -0.433 e. The lowest BCUT2D eigenvalue weighted by molar-refractivity contribution is -0.211. The van der Waals surface area contributed by atoms with E-state index in [2.05, 4.69) is 10.1 Å². The second-order valence-corrected chi connectivity index (χ2v) is 4.64. The molecule has 0 bridgehead atoms. The first-order valence-electron chi connectivity index (χ1n) is 6.51. The Balaban J connectivity index is 2.01. The van der Waals surface area contributed by atoms with Crippen LogP contribution in [0.1, 0.15) is 0 Å². The van der Waals surface area contributed by atoms with Gasteiger partial charge in [0.25, 0.3) is 0 Å². The van der Waals surface area contributed by atoms with E-state index in [9.17, 15) is 22.8 Å². The number of hydrogen-bond donors (Lipinski definition) is 1. The van der Waals surface area contributed by atoms with Crippen LogP contribution in [0.2, 0.25) is 0 Å². The maximum atomic E-state index is 12.3. The summed E-state index contributed by atoms with van der Waals surface area (Å²) in [4.78, 5) is 25.8. The molecule has 0 spiro atoms. The molecule has 2 aliphatic heterocycles. The maximum Gasteiger partial charge on any atom is 0.491 e. The van der Waals surface area contributed by atoms with E-state index in [0.29, 0.717) is 32.8 Å². The largest absolute Gasteiger partial charge is 0.491 e. The van der Waals surface area contributed by atoms with E-state index in [1.165, 1.54) is 4.90 Å². The van der Waals surface area contributed by atoms with Crippen molar-refractivity contribution in [2.45, 2.75) is 12.4 Å². The summed E-state index contributed by atoms with van der Waals surface area (Å²) in [7, 11) is 0. The van der Waals surface area contributed by atoms with E-state index >= 15 is 0 Å². The fourth-order valence-electron chi connectivity index (χ4n) is 2.13. The molecule has 120 valence electrons. The Bertz CT molecular complexity index is 399. The van der Waals surface area contributed by atoms with Gasteiger partial charge in [-0.3, -0.25) is 4.90 Å². The number of piperazine rings is 1. The number of ether oxygens (including phenoxy) is 2. The minimum absolute atomic E-state index is 0.0299. The van der Waals surface area contributed by atoms with E-state index < -0.39 is 24.4 Å². The van der Waals surface area contributed by atoms with Crippen LogP contribution in [0.3, 0.4) is 0 Å². The van der Waals surface area contributed by atoms with Crippen molar-refractivity contribution < 1.29 is 32.2 Å². The number of nitrogens with zero attached hydrogens (tertiary/aromatic N) is 2. The van der Waals surface area contributed by atoms with Crippen LogP contribution < -0.4 is 5.32 Å². The van der Waals surface area contributed by atoms with E-state index in [-0.39, 0.29) is 13.1 Å². The van der Waals surface area contributed by atoms with Crippen molar-refractivity contribution in [1.29, 1.82) is 0 Å². The number of rotatable bonds is 1. The Morgan fingerprint density at radius 3 is 2.48 bits per heavy atom. The predicted molar refractivity (Wildman–Crippen MR) is 63.3 cm³/mol. The quantitative estimate of drug-likeness (QED) is 0.678. The van der Waals surface area contributed by atoms with Crippen LogP contribution in [0, 0.1) is 0 Å². The standard InChI is InChI=1S/C11H16F3N3O4/c12-11(13,14)9(18)21-8-7-15-1-2-17(8)10(19)16-3-5-20-6-4-16/h8,15H,1-7H2. The number of amides is 2. The van der Waals surface area contributed by atoms with Gasteiger partial charge in [0.1, 0.15) is 0 Å². The van der Waals surface area contributed by atoms with Gasteiger partial charge in [-0.05, 0) is 0 Å². The molecule has 2 fully saturated rings. The molecule has 0 radical (unpaired) electrons. The number of carbonyl (C=O) groups excluding carboxylic acids is 2. The highest BCUT2D eigenvalue weighted by Gasteiger charge is 2.44. The van der Waals surface area contributed by atoms with Gasteiger partial charge in [0, 0.05) is 26.2 Å². The third-order valence-electron chi connectivity index (χ3n) is 3.20. The number of carbonyl (C=O) groups is 2. The van der Waals surface area contributed by atoms with Crippen molar-refractivity contribution in [1.82, 2.24) is 15.1 Å². The number of esters is 1. The lowest BCUT2D eigenvalue weighted by Crippen LogP contribution is -2.60. The topological polar surface area (TPSA) is 71.1 Å². The predicted octanol–water partition coefficient (Wildman–Crippen LogP) is -0.225. The molecule has 7 nitrogen and oxygen atoms in total. The monoisotopic (exact) mass is 311 g/mol. The van der Waals surface area contributed by atoms with Gasteiger partial charge in [-0.15, -0.1) is 0 Å². The molecular weight excluding hydrogens is 295 g/mol. The fraction of sp³-hybridized carbons (Fsp3) is 0.818. The summed E-state index contributed by atoms with van der Waals surface area (Å²) in [5.74, 6) is -2.30. The molecule has 2 amide bonds. The Morgan fingerprint density at radius 2 is 1.86 bits per heavy atom. The van der Waals surface area contributed by atoms with Crippen molar-refractivity contribution in [3.63, 3.8) is 0 Å². The Kier molecular flexibility index (Phi) is 4.88. The second-order valence-electron chi connectivity index (χ2n) is 4.64. The smallest absolute Gasteiger partial charge is 0.433 e.